The van der Waals surface area contributed by atoms with Crippen LogP contribution in [-0.4, -0.2) is 31.3 Å². The molecule has 0 spiro atoms. The Morgan fingerprint density at radius 1 is 1.33 bits per heavy atom. The first-order chi connectivity index (χ1) is 11.0. The maximum Gasteiger partial charge on any atom is 0.516 e. The normalized spacial score (nSPS) is 19.5. The molecule has 1 heterocycles. The minimum Gasteiger partial charge on any atom is -0.334 e. The van der Waals surface area contributed by atoms with Gasteiger partial charge in [-0.15, -0.1) is 0 Å². The third-order valence-corrected chi connectivity index (χ3v) is 4.74. The molecule has 1 amide bonds. The number of carbonyl (C=O) groups is 1. The highest BCUT2D eigenvalue weighted by Crippen LogP contribution is 2.29. The van der Waals surface area contributed by atoms with Gasteiger partial charge in [0.1, 0.15) is 0 Å². The van der Waals surface area contributed by atoms with Gasteiger partial charge in [-0.2, -0.15) is 21.6 Å². The van der Waals surface area contributed by atoms with Crippen molar-refractivity contribution in [3.63, 3.8) is 0 Å². The summed E-state index contributed by atoms with van der Waals surface area (Å²) in [5, 5.41) is 0. The molecular formula is C15H17F3N2O3S. The molecule has 1 atom stereocenters. The van der Waals surface area contributed by atoms with E-state index in [4.69, 9.17) is 0 Å². The van der Waals surface area contributed by atoms with Crippen molar-refractivity contribution < 1.29 is 26.4 Å². The fraction of sp³-hybridized carbons (Fsp3) is 0.400. The molecule has 1 aliphatic heterocycles. The second-order valence-electron chi connectivity index (χ2n) is 5.81. The highest BCUT2D eigenvalue weighted by Gasteiger charge is 2.46. The number of carbonyl (C=O) groups excluding carboxylic acids is 1. The van der Waals surface area contributed by atoms with Gasteiger partial charge in [0.05, 0.1) is 5.69 Å². The summed E-state index contributed by atoms with van der Waals surface area (Å²) in [6.45, 7) is 6.06. The summed E-state index contributed by atoms with van der Waals surface area (Å²) in [5.74, 6) is -0.101. The molecule has 132 valence electrons. The second kappa shape index (κ2) is 6.46. The molecule has 24 heavy (non-hydrogen) atoms. The number of anilines is 1. The fourth-order valence-electron chi connectivity index (χ4n) is 2.56. The number of hydrogen-bond acceptors (Lipinski definition) is 3. The van der Waals surface area contributed by atoms with Crippen molar-refractivity contribution >= 4 is 21.6 Å². The summed E-state index contributed by atoms with van der Waals surface area (Å²) in [6.07, 6.45) is 0.567. The van der Waals surface area contributed by atoms with Crippen molar-refractivity contribution in [2.75, 3.05) is 11.3 Å². The molecule has 1 aromatic carbocycles. The molecule has 9 heteroatoms. The smallest absolute Gasteiger partial charge is 0.334 e. The number of rotatable bonds is 4. The van der Waals surface area contributed by atoms with Crippen LogP contribution in [-0.2, 0) is 21.4 Å². The molecule has 1 saturated heterocycles. The van der Waals surface area contributed by atoms with E-state index in [1.807, 2.05) is 6.92 Å². The molecule has 1 aromatic rings. The summed E-state index contributed by atoms with van der Waals surface area (Å²) >= 11 is 0. The lowest BCUT2D eigenvalue weighted by molar-refractivity contribution is -0.130. The Morgan fingerprint density at radius 2 is 1.96 bits per heavy atom. The Labute approximate surface area is 138 Å². The predicted molar refractivity (Wildman–Crippen MR) is 83.4 cm³/mol. The van der Waals surface area contributed by atoms with Gasteiger partial charge in [-0.25, -0.2) is 0 Å². The van der Waals surface area contributed by atoms with Gasteiger partial charge in [0.2, 0.25) is 5.91 Å². The second-order valence-corrected chi connectivity index (χ2v) is 7.48. The zero-order valence-corrected chi connectivity index (χ0v) is 13.7. The Balaban J connectivity index is 2.27. The standard InChI is InChI=1S/C15H17F3N2O3S/c1-10-7-11(2)14(21)20(8-10)9-12-5-3-4-6-13(12)19-24(22,23)15(16,17)18/h3-6,10,19H,2,7-9H2,1H3. The number of halogens is 3. The van der Waals surface area contributed by atoms with E-state index in [2.05, 4.69) is 6.58 Å². The number of piperidine rings is 1. The summed E-state index contributed by atoms with van der Waals surface area (Å²) in [6, 6.07) is 5.68. The molecule has 0 aromatic heterocycles. The first-order valence-corrected chi connectivity index (χ1v) is 8.63. The van der Waals surface area contributed by atoms with Gasteiger partial charge < -0.3 is 4.90 Å². The average Bonchev–Trinajstić information content (AvgIpc) is 2.44. The highest BCUT2D eigenvalue weighted by molar-refractivity contribution is 7.93. The minimum atomic E-state index is -5.52. The number of sulfonamides is 1. The summed E-state index contributed by atoms with van der Waals surface area (Å²) < 4.78 is 61.8. The summed E-state index contributed by atoms with van der Waals surface area (Å²) in [4.78, 5) is 13.6. The van der Waals surface area contributed by atoms with Gasteiger partial charge in [-0.1, -0.05) is 31.7 Å². The fourth-order valence-corrected chi connectivity index (χ4v) is 3.16. The van der Waals surface area contributed by atoms with Gasteiger partial charge in [-0.05, 0) is 24.0 Å². The van der Waals surface area contributed by atoms with E-state index in [1.54, 1.807) is 10.8 Å². The largest absolute Gasteiger partial charge is 0.516 e. The third kappa shape index (κ3) is 3.89. The first kappa shape index (κ1) is 18.3. The molecule has 1 N–H and O–H groups in total. The lowest BCUT2D eigenvalue weighted by Crippen LogP contribution is -2.40. The molecule has 2 rings (SSSR count). The predicted octanol–water partition coefficient (Wildman–Crippen LogP) is 2.87. The molecule has 0 saturated carbocycles. The molecule has 5 nitrogen and oxygen atoms in total. The number of alkyl halides is 3. The lowest BCUT2D eigenvalue weighted by Gasteiger charge is -2.32. The molecule has 0 radical (unpaired) electrons. The lowest BCUT2D eigenvalue weighted by atomic mass is 9.95. The van der Waals surface area contributed by atoms with Gasteiger partial charge in [-0.3, -0.25) is 9.52 Å². The molecule has 1 unspecified atom stereocenters. The number of benzene rings is 1. The van der Waals surface area contributed by atoms with E-state index in [-0.39, 0.29) is 29.6 Å². The highest BCUT2D eigenvalue weighted by atomic mass is 32.2. The van der Waals surface area contributed by atoms with E-state index in [0.717, 1.165) is 0 Å². The monoisotopic (exact) mass is 362 g/mol. The zero-order valence-electron chi connectivity index (χ0n) is 12.9. The quantitative estimate of drug-likeness (QED) is 0.838. The van der Waals surface area contributed by atoms with E-state index >= 15 is 0 Å². The van der Waals surface area contributed by atoms with E-state index in [9.17, 15) is 26.4 Å². The van der Waals surface area contributed by atoms with Crippen LogP contribution in [0.5, 0.6) is 0 Å². The van der Waals surface area contributed by atoms with Crippen molar-refractivity contribution in [1.29, 1.82) is 0 Å². The van der Waals surface area contributed by atoms with Gasteiger partial charge in [0, 0.05) is 18.7 Å². The number of likely N-dealkylation sites (tertiary alicyclic amines) is 1. The van der Waals surface area contributed by atoms with E-state index in [1.165, 1.54) is 23.1 Å². The van der Waals surface area contributed by atoms with Crippen molar-refractivity contribution in [3.05, 3.63) is 42.0 Å². The SMILES string of the molecule is C=C1CC(C)CN(Cc2ccccc2NS(=O)(=O)C(F)(F)F)C1=O. The number of para-hydroxylation sites is 1. The summed E-state index contributed by atoms with van der Waals surface area (Å²) in [7, 11) is -5.52. The number of nitrogens with zero attached hydrogens (tertiary/aromatic N) is 1. The van der Waals surface area contributed by atoms with Gasteiger partial charge in [0.15, 0.2) is 0 Å². The Bertz CT molecular complexity index is 759. The van der Waals surface area contributed by atoms with Crippen molar-refractivity contribution in [2.24, 2.45) is 5.92 Å². The summed E-state index contributed by atoms with van der Waals surface area (Å²) in [5.41, 5.74) is -4.90. The van der Waals surface area contributed by atoms with Crippen molar-refractivity contribution in [3.8, 4) is 0 Å². The van der Waals surface area contributed by atoms with Crippen LogP contribution >= 0.6 is 0 Å². The number of amides is 1. The third-order valence-electron chi connectivity index (χ3n) is 3.64. The van der Waals surface area contributed by atoms with Crippen molar-refractivity contribution in [2.45, 2.75) is 25.4 Å². The average molecular weight is 362 g/mol. The minimum absolute atomic E-state index is 0.00125. The topological polar surface area (TPSA) is 66.5 Å². The Morgan fingerprint density at radius 3 is 2.58 bits per heavy atom. The van der Waals surface area contributed by atoms with Crippen LogP contribution in [0, 0.1) is 5.92 Å². The molecule has 1 aliphatic rings. The van der Waals surface area contributed by atoms with Crippen LogP contribution in [0.3, 0.4) is 0 Å². The van der Waals surface area contributed by atoms with E-state index < -0.39 is 15.5 Å². The van der Waals surface area contributed by atoms with Crippen LogP contribution in [0.4, 0.5) is 18.9 Å². The van der Waals surface area contributed by atoms with Crippen LogP contribution in [0.1, 0.15) is 18.9 Å². The van der Waals surface area contributed by atoms with Gasteiger partial charge in [0.25, 0.3) is 0 Å². The first-order valence-electron chi connectivity index (χ1n) is 7.15. The number of hydrogen-bond donors (Lipinski definition) is 1. The Hall–Kier alpha value is -2.03. The molecule has 0 aliphatic carbocycles. The Kier molecular flexibility index (Phi) is 4.93. The molecule has 1 fully saturated rings. The number of nitrogens with one attached hydrogen (secondary N) is 1. The van der Waals surface area contributed by atoms with Crippen LogP contribution in [0.15, 0.2) is 36.4 Å². The zero-order chi connectivity index (χ0) is 18.1. The maximum absolute atomic E-state index is 12.5. The van der Waals surface area contributed by atoms with Crippen molar-refractivity contribution in [1.82, 2.24) is 4.90 Å². The van der Waals surface area contributed by atoms with Gasteiger partial charge >= 0.3 is 15.5 Å². The van der Waals surface area contributed by atoms with Crippen LogP contribution in [0.2, 0.25) is 0 Å². The van der Waals surface area contributed by atoms with Crippen LogP contribution in [0.25, 0.3) is 0 Å². The molecule has 0 bridgehead atoms. The maximum atomic E-state index is 12.5. The molecular weight excluding hydrogens is 345 g/mol. The van der Waals surface area contributed by atoms with E-state index in [0.29, 0.717) is 18.5 Å². The van der Waals surface area contributed by atoms with Crippen LogP contribution < -0.4 is 4.72 Å².